The Labute approximate surface area is 198 Å². The lowest BCUT2D eigenvalue weighted by Crippen LogP contribution is -2.36. The smallest absolute Gasteiger partial charge is 0.372 e. The van der Waals surface area contributed by atoms with E-state index >= 15 is 0 Å². The minimum absolute atomic E-state index is 0.347. The first-order valence-electron chi connectivity index (χ1n) is 10.1. The number of alkyl halides is 3. The van der Waals surface area contributed by atoms with E-state index < -0.39 is 18.8 Å². The molecule has 4 rings (SSSR count). The third-order valence-electron chi connectivity index (χ3n) is 4.88. The first kappa shape index (κ1) is 23.4. The van der Waals surface area contributed by atoms with E-state index in [0.29, 0.717) is 33.6 Å². The fourth-order valence-electron chi connectivity index (χ4n) is 3.40. The van der Waals surface area contributed by atoms with Gasteiger partial charge >= 0.3 is 12.2 Å². The maximum absolute atomic E-state index is 12.3. The van der Waals surface area contributed by atoms with Crippen LogP contribution >= 0.6 is 12.6 Å². The minimum atomic E-state index is -4.48. The standard InChI is InChI=1S/C22H20F3N7OS/c1-12-29-18(19(34)20(26-2)30-12)14-6-7-32-16(10-27-17(32)9-14)13-4-3-5-15(8-13)31-21(33)28-11-22(23,24)25/h3-10,34H,11H2,1-2H3,(H,26,29,30)(H2,28,31,33). The van der Waals surface area contributed by atoms with Gasteiger partial charge in [0.2, 0.25) is 0 Å². The fraction of sp³-hybridized carbons (Fsp3) is 0.182. The summed E-state index contributed by atoms with van der Waals surface area (Å²) >= 11 is 4.56. The number of carbonyl (C=O) groups is 1. The molecule has 34 heavy (non-hydrogen) atoms. The van der Waals surface area contributed by atoms with Crippen LogP contribution in [0, 0.1) is 6.92 Å². The van der Waals surface area contributed by atoms with Crippen LogP contribution in [0.25, 0.3) is 28.2 Å². The van der Waals surface area contributed by atoms with Crippen molar-refractivity contribution in [2.24, 2.45) is 0 Å². The molecule has 3 aromatic heterocycles. The molecule has 0 spiro atoms. The number of aromatic nitrogens is 4. The highest BCUT2D eigenvalue weighted by Gasteiger charge is 2.27. The van der Waals surface area contributed by atoms with Gasteiger partial charge in [-0.25, -0.2) is 19.7 Å². The Morgan fingerprint density at radius 3 is 2.68 bits per heavy atom. The number of amides is 2. The number of benzene rings is 1. The monoisotopic (exact) mass is 487 g/mol. The van der Waals surface area contributed by atoms with Gasteiger partial charge in [-0.05, 0) is 31.2 Å². The second-order valence-corrected chi connectivity index (χ2v) is 7.80. The van der Waals surface area contributed by atoms with E-state index in [0.717, 1.165) is 16.8 Å². The van der Waals surface area contributed by atoms with Gasteiger partial charge in [-0.1, -0.05) is 12.1 Å². The molecule has 0 atom stereocenters. The number of halogens is 3. The summed E-state index contributed by atoms with van der Waals surface area (Å²) in [6.45, 7) is 0.387. The number of carbonyl (C=O) groups excluding carboxylic acids is 1. The van der Waals surface area contributed by atoms with Crippen molar-refractivity contribution < 1.29 is 18.0 Å². The summed E-state index contributed by atoms with van der Waals surface area (Å²) in [6, 6.07) is 9.56. The molecule has 12 heteroatoms. The highest BCUT2D eigenvalue weighted by atomic mass is 32.1. The molecule has 8 nitrogen and oxygen atoms in total. The topological polar surface area (TPSA) is 96.2 Å². The Balaban J connectivity index is 1.62. The summed E-state index contributed by atoms with van der Waals surface area (Å²) < 4.78 is 38.8. The van der Waals surface area contributed by atoms with E-state index in [1.54, 1.807) is 43.7 Å². The lowest BCUT2D eigenvalue weighted by molar-refractivity contribution is -0.122. The number of anilines is 2. The van der Waals surface area contributed by atoms with Gasteiger partial charge in [0, 0.05) is 30.1 Å². The van der Waals surface area contributed by atoms with Crippen LogP contribution in [-0.2, 0) is 0 Å². The van der Waals surface area contributed by atoms with Crippen molar-refractivity contribution in [2.45, 2.75) is 18.0 Å². The van der Waals surface area contributed by atoms with Gasteiger partial charge in [0.1, 0.15) is 23.8 Å². The summed E-state index contributed by atoms with van der Waals surface area (Å²) in [6.07, 6.45) is -0.970. The van der Waals surface area contributed by atoms with Crippen molar-refractivity contribution in [3.05, 3.63) is 54.6 Å². The van der Waals surface area contributed by atoms with Crippen LogP contribution in [0.1, 0.15) is 5.82 Å². The zero-order valence-corrected chi connectivity index (χ0v) is 19.0. The number of aryl methyl sites for hydroxylation is 1. The van der Waals surface area contributed by atoms with E-state index in [9.17, 15) is 18.0 Å². The molecule has 176 valence electrons. The maximum Gasteiger partial charge on any atom is 0.405 e. The molecule has 0 unspecified atom stereocenters. The summed E-state index contributed by atoms with van der Waals surface area (Å²) in [5.41, 5.74) is 3.95. The first-order valence-corrected chi connectivity index (χ1v) is 10.5. The predicted octanol–water partition coefficient (Wildman–Crippen LogP) is 4.78. The number of thiol groups is 1. The number of hydrogen-bond acceptors (Lipinski definition) is 6. The molecule has 2 amide bonds. The molecule has 0 saturated heterocycles. The van der Waals surface area contributed by atoms with Crippen LogP contribution in [0.15, 0.2) is 53.7 Å². The van der Waals surface area contributed by atoms with Gasteiger partial charge in [-0.2, -0.15) is 13.2 Å². The second kappa shape index (κ2) is 9.21. The van der Waals surface area contributed by atoms with Crippen LogP contribution in [0.3, 0.4) is 0 Å². The number of hydrogen-bond donors (Lipinski definition) is 4. The SMILES string of the molecule is CNc1nc(C)nc(-c2ccn3c(-c4cccc(NC(=O)NCC(F)(F)F)c4)cnc3c2)c1S. The summed E-state index contributed by atoms with van der Waals surface area (Å²) in [5.74, 6) is 1.22. The quantitative estimate of drug-likeness (QED) is 0.304. The third-order valence-corrected chi connectivity index (χ3v) is 5.31. The summed E-state index contributed by atoms with van der Waals surface area (Å²) in [7, 11) is 1.76. The van der Waals surface area contributed by atoms with Gasteiger partial charge in [0.15, 0.2) is 0 Å². The van der Waals surface area contributed by atoms with Crippen LogP contribution < -0.4 is 16.0 Å². The predicted molar refractivity (Wildman–Crippen MR) is 126 cm³/mol. The van der Waals surface area contributed by atoms with Crippen molar-refractivity contribution in [2.75, 3.05) is 24.2 Å². The lowest BCUT2D eigenvalue weighted by Gasteiger charge is -2.11. The van der Waals surface area contributed by atoms with Crippen LogP contribution in [0.5, 0.6) is 0 Å². The van der Waals surface area contributed by atoms with E-state index in [4.69, 9.17) is 0 Å². The van der Waals surface area contributed by atoms with Crippen molar-refractivity contribution in [3.8, 4) is 22.5 Å². The molecular formula is C22H20F3N7OS. The Morgan fingerprint density at radius 2 is 1.94 bits per heavy atom. The molecule has 3 N–H and O–H groups in total. The number of rotatable bonds is 5. The van der Waals surface area contributed by atoms with Crippen molar-refractivity contribution in [1.82, 2.24) is 24.7 Å². The van der Waals surface area contributed by atoms with Gasteiger partial charge < -0.3 is 16.0 Å². The van der Waals surface area contributed by atoms with Crippen molar-refractivity contribution >= 4 is 35.8 Å². The van der Waals surface area contributed by atoms with Gasteiger partial charge in [0.05, 0.1) is 22.5 Å². The van der Waals surface area contributed by atoms with Crippen LogP contribution in [0.2, 0.25) is 0 Å². The average Bonchev–Trinajstić information content (AvgIpc) is 3.22. The van der Waals surface area contributed by atoms with E-state index in [2.05, 4.69) is 38.2 Å². The third kappa shape index (κ3) is 5.06. The zero-order valence-electron chi connectivity index (χ0n) is 18.1. The first-order chi connectivity index (χ1) is 16.1. The molecule has 0 aliphatic carbocycles. The molecule has 0 radical (unpaired) electrons. The normalized spacial score (nSPS) is 11.5. The Hall–Kier alpha value is -3.80. The number of nitrogens with one attached hydrogen (secondary N) is 3. The molecule has 0 aliphatic rings. The highest BCUT2D eigenvalue weighted by Crippen LogP contribution is 2.31. The van der Waals surface area contributed by atoms with E-state index in [-0.39, 0.29) is 0 Å². The van der Waals surface area contributed by atoms with E-state index in [1.165, 1.54) is 0 Å². The number of pyridine rings is 1. The van der Waals surface area contributed by atoms with Crippen molar-refractivity contribution in [3.63, 3.8) is 0 Å². The molecule has 0 saturated carbocycles. The maximum atomic E-state index is 12.3. The van der Waals surface area contributed by atoms with Gasteiger partial charge in [-0.3, -0.25) is 4.40 Å². The summed E-state index contributed by atoms with van der Waals surface area (Å²) in [4.78, 5) is 25.7. The fourth-order valence-corrected chi connectivity index (χ4v) is 3.74. The average molecular weight is 488 g/mol. The number of nitrogens with zero attached hydrogens (tertiary/aromatic N) is 4. The van der Waals surface area contributed by atoms with Crippen LogP contribution in [0.4, 0.5) is 29.5 Å². The molecule has 3 heterocycles. The Bertz CT molecular complexity index is 1370. The largest absolute Gasteiger partial charge is 0.405 e. The Kier molecular flexibility index (Phi) is 6.33. The van der Waals surface area contributed by atoms with Gasteiger partial charge in [0.25, 0.3) is 0 Å². The molecule has 0 aliphatic heterocycles. The minimum Gasteiger partial charge on any atom is -0.372 e. The zero-order chi connectivity index (χ0) is 24.5. The number of urea groups is 1. The van der Waals surface area contributed by atoms with Crippen LogP contribution in [-0.4, -0.2) is 45.2 Å². The molecule has 1 aromatic carbocycles. The molecule has 4 aromatic rings. The number of imidazole rings is 1. The van der Waals surface area contributed by atoms with Crippen molar-refractivity contribution in [1.29, 1.82) is 0 Å². The number of fused-ring (bicyclic) bond motifs is 1. The van der Waals surface area contributed by atoms with Gasteiger partial charge in [-0.15, -0.1) is 12.6 Å². The molecule has 0 fully saturated rings. The molecule has 0 bridgehead atoms. The molecular weight excluding hydrogens is 467 g/mol. The second-order valence-electron chi connectivity index (χ2n) is 7.36. The lowest BCUT2D eigenvalue weighted by atomic mass is 10.1. The van der Waals surface area contributed by atoms with E-state index in [1.807, 2.05) is 28.8 Å². The highest BCUT2D eigenvalue weighted by molar-refractivity contribution is 7.80. The summed E-state index contributed by atoms with van der Waals surface area (Å²) in [5, 5.41) is 7.19. The Morgan fingerprint density at radius 1 is 1.15 bits per heavy atom.